The number of hydrogen-bond acceptors (Lipinski definition) is 4. The van der Waals surface area contributed by atoms with Crippen LogP contribution in [0.25, 0.3) is 0 Å². The number of nitrogens with one attached hydrogen (secondary N) is 1. The quantitative estimate of drug-likeness (QED) is 0.616. The van der Waals surface area contributed by atoms with Crippen LogP contribution in [0.5, 0.6) is 5.75 Å². The molecule has 6 nitrogen and oxygen atoms in total. The van der Waals surface area contributed by atoms with Crippen LogP contribution in [-0.2, 0) is 14.8 Å². The summed E-state index contributed by atoms with van der Waals surface area (Å²) in [6.07, 6.45) is 1.13. The first-order chi connectivity index (χ1) is 13.3. The number of carbonyl (C=O) groups is 1. The molecule has 1 heterocycles. The normalized spacial score (nSPS) is 17.9. The summed E-state index contributed by atoms with van der Waals surface area (Å²) in [5.74, 6) is -1.30. The van der Waals surface area contributed by atoms with Crippen molar-refractivity contribution >= 4 is 44.2 Å². The van der Waals surface area contributed by atoms with E-state index in [2.05, 4.69) is 27.9 Å². The van der Waals surface area contributed by atoms with E-state index in [0.717, 1.165) is 15.7 Å². The van der Waals surface area contributed by atoms with Gasteiger partial charge in [0.05, 0.1) is 13.0 Å². The van der Waals surface area contributed by atoms with Gasteiger partial charge in [0.25, 0.3) is 0 Å². The predicted octanol–water partition coefficient (Wildman–Crippen LogP) is 3.48. The van der Waals surface area contributed by atoms with Gasteiger partial charge in [0.15, 0.2) is 0 Å². The van der Waals surface area contributed by atoms with Gasteiger partial charge < -0.3 is 10.1 Å². The first-order valence-corrected chi connectivity index (χ1v) is 11.2. The van der Waals surface area contributed by atoms with Gasteiger partial charge in [0.2, 0.25) is 15.9 Å². The highest BCUT2D eigenvalue weighted by atomic mass is 127. The number of nitrogens with zero attached hydrogens (tertiary/aromatic N) is 1. The average Bonchev–Trinajstić information content (AvgIpc) is 2.69. The molecule has 2 aromatic rings. The molecule has 0 bridgehead atoms. The first-order valence-electron chi connectivity index (χ1n) is 8.71. The van der Waals surface area contributed by atoms with Crippen LogP contribution in [0.4, 0.5) is 10.1 Å². The molecule has 28 heavy (non-hydrogen) atoms. The smallest absolute Gasteiger partial charge is 0.246 e. The predicted molar refractivity (Wildman–Crippen MR) is 112 cm³/mol. The van der Waals surface area contributed by atoms with E-state index in [0.29, 0.717) is 18.5 Å². The Morgan fingerprint density at radius 3 is 2.64 bits per heavy atom. The Balaban J connectivity index is 1.78. The van der Waals surface area contributed by atoms with E-state index >= 15 is 0 Å². The fourth-order valence-corrected chi connectivity index (χ4v) is 5.19. The lowest BCUT2D eigenvalue weighted by Gasteiger charge is -2.31. The summed E-state index contributed by atoms with van der Waals surface area (Å²) >= 11 is 2.18. The Labute approximate surface area is 177 Å². The van der Waals surface area contributed by atoms with Crippen LogP contribution in [0.1, 0.15) is 12.8 Å². The highest BCUT2D eigenvalue weighted by molar-refractivity contribution is 14.1. The molecule has 0 saturated carbocycles. The van der Waals surface area contributed by atoms with Gasteiger partial charge in [-0.15, -0.1) is 0 Å². The van der Waals surface area contributed by atoms with Crippen molar-refractivity contribution in [1.82, 2.24) is 4.31 Å². The van der Waals surface area contributed by atoms with Gasteiger partial charge in [-0.25, -0.2) is 12.8 Å². The Morgan fingerprint density at radius 1 is 1.25 bits per heavy atom. The van der Waals surface area contributed by atoms with Gasteiger partial charge in [-0.3, -0.25) is 4.79 Å². The minimum atomic E-state index is -3.98. The minimum absolute atomic E-state index is 0.0399. The molecular weight excluding hydrogens is 498 g/mol. The summed E-state index contributed by atoms with van der Waals surface area (Å²) in [6.45, 7) is 0.313. The largest absolute Gasteiger partial charge is 0.495 e. The Morgan fingerprint density at radius 2 is 1.96 bits per heavy atom. The molecule has 1 fully saturated rings. The van der Waals surface area contributed by atoms with Gasteiger partial charge in [-0.2, -0.15) is 4.31 Å². The van der Waals surface area contributed by atoms with Crippen molar-refractivity contribution in [2.24, 2.45) is 5.92 Å². The second-order valence-electron chi connectivity index (χ2n) is 6.49. The number of rotatable bonds is 5. The molecule has 1 aliphatic heterocycles. The van der Waals surface area contributed by atoms with E-state index in [1.54, 1.807) is 12.1 Å². The number of anilines is 1. The summed E-state index contributed by atoms with van der Waals surface area (Å²) in [4.78, 5) is 12.4. The van der Waals surface area contributed by atoms with Crippen molar-refractivity contribution in [3.05, 3.63) is 51.9 Å². The third-order valence-electron chi connectivity index (χ3n) is 4.61. The molecule has 0 radical (unpaired) electrons. The van der Waals surface area contributed by atoms with Crippen molar-refractivity contribution in [3.8, 4) is 5.75 Å². The van der Waals surface area contributed by atoms with Crippen molar-refractivity contribution in [2.45, 2.75) is 17.7 Å². The zero-order valence-electron chi connectivity index (χ0n) is 15.2. The minimum Gasteiger partial charge on any atom is -0.495 e. The lowest BCUT2D eigenvalue weighted by Crippen LogP contribution is -2.43. The molecule has 1 atom stereocenters. The Hall–Kier alpha value is -1.72. The molecule has 1 saturated heterocycles. The van der Waals surface area contributed by atoms with E-state index in [1.807, 2.05) is 12.1 Å². The van der Waals surface area contributed by atoms with Crippen LogP contribution in [0.3, 0.4) is 0 Å². The highest BCUT2D eigenvalue weighted by Crippen LogP contribution is 2.30. The third-order valence-corrected chi connectivity index (χ3v) is 7.22. The maximum Gasteiger partial charge on any atom is 0.246 e. The molecule has 0 unspecified atom stereocenters. The lowest BCUT2D eigenvalue weighted by atomic mass is 9.99. The Bertz CT molecular complexity index is 966. The number of ether oxygens (including phenoxy) is 1. The molecular formula is C19H20FIN2O4S. The number of amides is 1. The summed E-state index contributed by atoms with van der Waals surface area (Å²) in [6, 6.07) is 10.7. The Kier molecular flexibility index (Phi) is 6.56. The maximum absolute atomic E-state index is 13.7. The van der Waals surface area contributed by atoms with Crippen molar-refractivity contribution in [2.75, 3.05) is 25.5 Å². The van der Waals surface area contributed by atoms with Gasteiger partial charge >= 0.3 is 0 Å². The number of benzene rings is 2. The summed E-state index contributed by atoms with van der Waals surface area (Å²) in [5.41, 5.74) is 0.664. The number of piperidine rings is 1. The van der Waals surface area contributed by atoms with Crippen LogP contribution < -0.4 is 10.1 Å². The highest BCUT2D eigenvalue weighted by Gasteiger charge is 2.35. The van der Waals surface area contributed by atoms with E-state index in [-0.39, 0.29) is 29.6 Å². The molecule has 0 aromatic heterocycles. The zero-order valence-corrected chi connectivity index (χ0v) is 18.2. The molecule has 9 heteroatoms. The molecule has 0 aliphatic carbocycles. The summed E-state index contributed by atoms with van der Waals surface area (Å²) in [5, 5.41) is 2.83. The molecule has 2 aromatic carbocycles. The van der Waals surface area contributed by atoms with Gasteiger partial charge in [-0.05, 0) is 77.9 Å². The molecule has 1 aliphatic rings. The van der Waals surface area contributed by atoms with Crippen LogP contribution in [0.2, 0.25) is 0 Å². The van der Waals surface area contributed by atoms with Crippen LogP contribution in [0.15, 0.2) is 47.4 Å². The third kappa shape index (κ3) is 4.64. The van der Waals surface area contributed by atoms with E-state index < -0.39 is 21.8 Å². The summed E-state index contributed by atoms with van der Waals surface area (Å²) in [7, 11) is -2.65. The van der Waals surface area contributed by atoms with E-state index in [1.165, 1.54) is 17.5 Å². The van der Waals surface area contributed by atoms with Gasteiger partial charge in [0.1, 0.15) is 16.5 Å². The standard InChI is InChI=1S/C19H20FIN2O4S/c1-27-17-9-4-14(20)11-18(17)28(25,26)23-10-2-3-13(12-23)19(24)22-16-7-5-15(21)6-8-16/h4-9,11,13H,2-3,10,12H2,1H3,(H,22,24)/t13-/m1/s1. The van der Waals surface area contributed by atoms with Gasteiger partial charge in [-0.1, -0.05) is 0 Å². The fraction of sp³-hybridized carbons (Fsp3) is 0.316. The van der Waals surface area contributed by atoms with Crippen LogP contribution >= 0.6 is 22.6 Å². The monoisotopic (exact) mass is 518 g/mol. The molecule has 150 valence electrons. The van der Waals surface area contributed by atoms with Crippen molar-refractivity contribution in [3.63, 3.8) is 0 Å². The fourth-order valence-electron chi connectivity index (χ4n) is 3.14. The molecule has 1 N–H and O–H groups in total. The van der Waals surface area contributed by atoms with Crippen molar-refractivity contribution in [1.29, 1.82) is 0 Å². The van der Waals surface area contributed by atoms with Crippen LogP contribution in [0, 0.1) is 15.3 Å². The van der Waals surface area contributed by atoms with E-state index in [4.69, 9.17) is 4.74 Å². The van der Waals surface area contributed by atoms with Gasteiger partial charge in [0, 0.05) is 22.3 Å². The molecule has 0 spiro atoms. The number of sulfonamides is 1. The number of methoxy groups -OCH3 is 1. The zero-order chi connectivity index (χ0) is 20.3. The van der Waals surface area contributed by atoms with Crippen molar-refractivity contribution < 1.29 is 22.3 Å². The SMILES string of the molecule is COc1ccc(F)cc1S(=O)(=O)N1CCC[C@@H](C(=O)Nc2ccc(I)cc2)C1. The second kappa shape index (κ2) is 8.75. The first kappa shape index (κ1) is 21.0. The second-order valence-corrected chi connectivity index (χ2v) is 9.65. The molecule has 1 amide bonds. The average molecular weight is 518 g/mol. The topological polar surface area (TPSA) is 75.7 Å². The number of carbonyl (C=O) groups excluding carboxylic acids is 1. The van der Waals surface area contributed by atoms with E-state index in [9.17, 15) is 17.6 Å². The summed E-state index contributed by atoms with van der Waals surface area (Å²) < 4.78 is 47.1. The molecule has 3 rings (SSSR count). The maximum atomic E-state index is 13.7. The van der Waals surface area contributed by atoms with Crippen LogP contribution in [-0.4, -0.2) is 38.8 Å². The lowest BCUT2D eigenvalue weighted by molar-refractivity contribution is -0.120. The number of halogens is 2. The number of hydrogen-bond donors (Lipinski definition) is 1.